The maximum atomic E-state index is 13.1. The second kappa shape index (κ2) is 10.3. The minimum atomic E-state index is -3.01. The van der Waals surface area contributed by atoms with Gasteiger partial charge in [-0.25, -0.2) is 8.78 Å². The van der Waals surface area contributed by atoms with Gasteiger partial charge in [-0.15, -0.1) is 0 Å². The summed E-state index contributed by atoms with van der Waals surface area (Å²) in [6.07, 6.45) is 0.304. The van der Waals surface area contributed by atoms with Gasteiger partial charge in [0, 0.05) is 18.2 Å². The molecule has 2 aromatic rings. The fourth-order valence-electron chi connectivity index (χ4n) is 2.42. The minimum absolute atomic E-state index is 0.124. The Labute approximate surface area is 163 Å². The average molecular weight is 414 g/mol. The van der Waals surface area contributed by atoms with Crippen LogP contribution in [-0.4, -0.2) is 38.6 Å². The van der Waals surface area contributed by atoms with Crippen LogP contribution < -0.4 is 20.1 Å². The Morgan fingerprint density at radius 3 is 2.31 bits per heavy atom. The number of ether oxygens (including phenoxy) is 2. The normalized spacial score (nSPS) is 10.6. The minimum Gasteiger partial charge on any atom is -0.493 e. The Balaban J connectivity index is 1.81. The molecule has 0 aliphatic rings. The van der Waals surface area contributed by atoms with E-state index in [1.807, 2.05) is 0 Å². The number of carbonyl (C=O) groups excluding carboxylic acids is 2. The highest BCUT2D eigenvalue weighted by Gasteiger charge is 2.13. The zero-order chi connectivity index (χ0) is 21.4. The van der Waals surface area contributed by atoms with E-state index in [1.54, 1.807) is 6.07 Å². The molecule has 10 heteroatoms. The van der Waals surface area contributed by atoms with E-state index in [2.05, 4.69) is 15.4 Å². The maximum absolute atomic E-state index is 13.1. The van der Waals surface area contributed by atoms with Gasteiger partial charge in [-0.3, -0.25) is 9.59 Å². The van der Waals surface area contributed by atoms with Crippen LogP contribution in [-0.2, 0) is 11.2 Å². The smallest absolute Gasteiger partial charge is 0.387 e. The molecule has 0 atom stereocenters. The third-order valence-electron chi connectivity index (χ3n) is 3.71. The van der Waals surface area contributed by atoms with Gasteiger partial charge in [-0.05, 0) is 36.2 Å². The van der Waals surface area contributed by atoms with Crippen molar-refractivity contribution in [2.45, 2.75) is 13.0 Å². The third-order valence-corrected chi connectivity index (χ3v) is 3.71. The number of hydrogen-bond acceptors (Lipinski definition) is 4. The van der Waals surface area contributed by atoms with Gasteiger partial charge in [0.15, 0.2) is 11.5 Å². The summed E-state index contributed by atoms with van der Waals surface area (Å²) in [6, 6.07) is 6.78. The molecule has 6 nitrogen and oxygen atoms in total. The van der Waals surface area contributed by atoms with Crippen LogP contribution in [0.2, 0.25) is 0 Å². The standard InChI is InChI=1S/C19H18F4N2O4/c1-28-15-3-2-11(6-16(15)29-19(22)23)4-5-24-17(26)10-25-18(27)12-7-13(20)9-14(21)8-12/h2-3,6-9,19H,4-5,10H2,1H3,(H,24,26)(H,25,27). The molecule has 2 amide bonds. The van der Waals surface area contributed by atoms with Crippen molar-refractivity contribution in [1.82, 2.24) is 10.6 Å². The topological polar surface area (TPSA) is 76.7 Å². The van der Waals surface area contributed by atoms with Crippen molar-refractivity contribution in [3.05, 3.63) is 59.2 Å². The number of halogens is 4. The highest BCUT2D eigenvalue weighted by atomic mass is 19.3. The largest absolute Gasteiger partial charge is 0.493 e. The number of methoxy groups -OCH3 is 1. The van der Waals surface area contributed by atoms with Crippen LogP contribution in [0.4, 0.5) is 17.6 Å². The molecule has 0 bridgehead atoms. The monoisotopic (exact) mass is 414 g/mol. The van der Waals surface area contributed by atoms with Crippen LogP contribution >= 0.6 is 0 Å². The first-order chi connectivity index (χ1) is 13.8. The van der Waals surface area contributed by atoms with Crippen LogP contribution in [0.15, 0.2) is 36.4 Å². The molecule has 2 N–H and O–H groups in total. The van der Waals surface area contributed by atoms with Crippen LogP contribution in [0.3, 0.4) is 0 Å². The van der Waals surface area contributed by atoms with Gasteiger partial charge in [-0.1, -0.05) is 6.07 Å². The first kappa shape index (κ1) is 22.0. The summed E-state index contributed by atoms with van der Waals surface area (Å²) in [4.78, 5) is 23.6. The number of hydrogen-bond donors (Lipinski definition) is 2. The summed E-state index contributed by atoms with van der Waals surface area (Å²) in [5, 5.41) is 4.77. The molecule has 0 aliphatic heterocycles. The Hall–Kier alpha value is -3.30. The molecule has 0 aliphatic carbocycles. The van der Waals surface area contributed by atoms with Crippen LogP contribution in [0.5, 0.6) is 11.5 Å². The molecule has 0 fully saturated rings. The number of benzene rings is 2. The van der Waals surface area contributed by atoms with Crippen molar-refractivity contribution in [3.63, 3.8) is 0 Å². The highest BCUT2D eigenvalue weighted by molar-refractivity contribution is 5.96. The van der Waals surface area contributed by atoms with E-state index in [0.717, 1.165) is 12.1 Å². The summed E-state index contributed by atoms with van der Waals surface area (Å²) in [5.41, 5.74) is 0.362. The lowest BCUT2D eigenvalue weighted by Gasteiger charge is -2.12. The molecule has 2 aromatic carbocycles. The molecule has 0 unspecified atom stereocenters. The van der Waals surface area contributed by atoms with Crippen molar-refractivity contribution < 1.29 is 36.6 Å². The second-order valence-electron chi connectivity index (χ2n) is 5.80. The van der Waals surface area contributed by atoms with Gasteiger partial charge >= 0.3 is 6.61 Å². The molecule has 2 rings (SSSR count). The zero-order valence-corrected chi connectivity index (χ0v) is 15.3. The Bertz CT molecular complexity index is 857. The maximum Gasteiger partial charge on any atom is 0.387 e. The van der Waals surface area contributed by atoms with Gasteiger partial charge in [0.1, 0.15) is 11.6 Å². The fourth-order valence-corrected chi connectivity index (χ4v) is 2.42. The predicted molar refractivity (Wildman–Crippen MR) is 95.0 cm³/mol. The summed E-state index contributed by atoms with van der Waals surface area (Å²) < 4.78 is 60.4. The molecule has 0 spiro atoms. The molecular formula is C19H18F4N2O4. The van der Waals surface area contributed by atoms with E-state index in [4.69, 9.17) is 4.74 Å². The Kier molecular flexibility index (Phi) is 7.81. The molecule has 0 aromatic heterocycles. The molecule has 156 valence electrons. The average Bonchev–Trinajstić information content (AvgIpc) is 2.65. The van der Waals surface area contributed by atoms with Gasteiger partial charge < -0.3 is 20.1 Å². The summed E-state index contributed by atoms with van der Waals surface area (Å²) in [6.45, 7) is -3.25. The fraction of sp³-hybridized carbons (Fsp3) is 0.263. The van der Waals surface area contributed by atoms with Gasteiger partial charge in [0.05, 0.1) is 13.7 Å². The molecule has 0 radical (unpaired) electrons. The van der Waals surface area contributed by atoms with Crippen molar-refractivity contribution in [1.29, 1.82) is 0 Å². The lowest BCUT2D eigenvalue weighted by atomic mass is 10.1. The van der Waals surface area contributed by atoms with Gasteiger partial charge in [0.25, 0.3) is 5.91 Å². The third kappa shape index (κ3) is 6.98. The van der Waals surface area contributed by atoms with E-state index in [9.17, 15) is 27.2 Å². The zero-order valence-electron chi connectivity index (χ0n) is 15.3. The SMILES string of the molecule is COc1ccc(CCNC(=O)CNC(=O)c2cc(F)cc(F)c2)cc1OC(F)F. The van der Waals surface area contributed by atoms with Crippen molar-refractivity contribution in [3.8, 4) is 11.5 Å². The Morgan fingerprint density at radius 2 is 1.69 bits per heavy atom. The van der Waals surface area contributed by atoms with E-state index >= 15 is 0 Å². The van der Waals surface area contributed by atoms with Crippen LogP contribution in [0.1, 0.15) is 15.9 Å². The van der Waals surface area contributed by atoms with E-state index in [-0.39, 0.29) is 23.6 Å². The molecule has 29 heavy (non-hydrogen) atoms. The van der Waals surface area contributed by atoms with Crippen molar-refractivity contribution in [2.24, 2.45) is 0 Å². The molecule has 0 saturated carbocycles. The van der Waals surface area contributed by atoms with E-state index in [1.165, 1.54) is 19.2 Å². The number of rotatable bonds is 9. The molecule has 0 saturated heterocycles. The summed E-state index contributed by atoms with van der Waals surface area (Å²) in [5.74, 6) is -3.13. The summed E-state index contributed by atoms with van der Waals surface area (Å²) in [7, 11) is 1.32. The lowest BCUT2D eigenvalue weighted by molar-refractivity contribution is -0.120. The van der Waals surface area contributed by atoms with Crippen molar-refractivity contribution in [2.75, 3.05) is 20.2 Å². The predicted octanol–water partition coefficient (Wildman–Crippen LogP) is 2.66. The number of nitrogens with one attached hydrogen (secondary N) is 2. The molecule has 0 heterocycles. The molecular weight excluding hydrogens is 396 g/mol. The number of alkyl halides is 2. The van der Waals surface area contributed by atoms with E-state index < -0.39 is 36.6 Å². The summed E-state index contributed by atoms with van der Waals surface area (Å²) >= 11 is 0. The van der Waals surface area contributed by atoms with Gasteiger partial charge in [-0.2, -0.15) is 8.78 Å². The van der Waals surface area contributed by atoms with E-state index in [0.29, 0.717) is 18.1 Å². The quantitative estimate of drug-likeness (QED) is 0.619. The van der Waals surface area contributed by atoms with Crippen LogP contribution in [0, 0.1) is 11.6 Å². The number of amides is 2. The van der Waals surface area contributed by atoms with Crippen LogP contribution in [0.25, 0.3) is 0 Å². The lowest BCUT2D eigenvalue weighted by Crippen LogP contribution is -2.37. The Morgan fingerprint density at radius 1 is 1.00 bits per heavy atom. The highest BCUT2D eigenvalue weighted by Crippen LogP contribution is 2.29. The first-order valence-electron chi connectivity index (χ1n) is 8.41. The first-order valence-corrected chi connectivity index (χ1v) is 8.41. The van der Waals surface area contributed by atoms with Crippen molar-refractivity contribution >= 4 is 11.8 Å². The number of carbonyl (C=O) groups is 2. The van der Waals surface area contributed by atoms with Gasteiger partial charge in [0.2, 0.25) is 5.91 Å². The second-order valence-corrected chi connectivity index (χ2v) is 5.80.